The molecule has 0 bridgehead atoms. The van der Waals surface area contributed by atoms with Gasteiger partial charge in [0.05, 0.1) is 24.3 Å². The van der Waals surface area contributed by atoms with Gasteiger partial charge in [0, 0.05) is 23.7 Å². The first kappa shape index (κ1) is 14.7. The standard InChI is InChI=1S/C16H12F2N4O2/c1-24-16(23)13-4-8(7-19-21-13)15-20-12-5-10(17)11(18)6-14(12)22(15)9-2-3-9/h4-7,9H,2-3H2,1H3. The second-order valence-corrected chi connectivity index (χ2v) is 5.61. The van der Waals surface area contributed by atoms with Crippen LogP contribution >= 0.6 is 0 Å². The molecule has 1 aromatic carbocycles. The molecule has 0 radical (unpaired) electrons. The Balaban J connectivity index is 1.93. The molecular weight excluding hydrogens is 318 g/mol. The molecule has 0 atom stereocenters. The maximum Gasteiger partial charge on any atom is 0.358 e. The van der Waals surface area contributed by atoms with Gasteiger partial charge >= 0.3 is 5.97 Å². The highest BCUT2D eigenvalue weighted by Gasteiger charge is 2.29. The molecule has 2 heterocycles. The minimum atomic E-state index is -0.947. The average molecular weight is 330 g/mol. The number of nitrogens with zero attached hydrogens (tertiary/aromatic N) is 4. The number of rotatable bonds is 3. The summed E-state index contributed by atoms with van der Waals surface area (Å²) in [6, 6.07) is 3.90. The number of imidazole rings is 1. The maximum absolute atomic E-state index is 13.6. The molecule has 0 aliphatic heterocycles. The fourth-order valence-corrected chi connectivity index (χ4v) is 2.69. The van der Waals surface area contributed by atoms with Crippen molar-refractivity contribution in [3.05, 3.63) is 41.7 Å². The second kappa shape index (κ2) is 5.33. The highest BCUT2D eigenvalue weighted by atomic mass is 19.2. The summed E-state index contributed by atoms with van der Waals surface area (Å²) in [6.07, 6.45) is 3.32. The summed E-state index contributed by atoms with van der Waals surface area (Å²) >= 11 is 0. The average Bonchev–Trinajstić information content (AvgIpc) is 3.37. The lowest BCUT2D eigenvalue weighted by Gasteiger charge is -2.08. The van der Waals surface area contributed by atoms with Gasteiger partial charge in [-0.15, -0.1) is 5.10 Å². The highest BCUT2D eigenvalue weighted by Crippen LogP contribution is 2.41. The van der Waals surface area contributed by atoms with Gasteiger partial charge in [0.2, 0.25) is 0 Å². The second-order valence-electron chi connectivity index (χ2n) is 5.61. The molecule has 0 unspecified atom stereocenters. The number of ether oxygens (including phenoxy) is 1. The fraction of sp³-hybridized carbons (Fsp3) is 0.250. The molecule has 6 nitrogen and oxygen atoms in total. The normalized spacial score (nSPS) is 14.1. The summed E-state index contributed by atoms with van der Waals surface area (Å²) < 4.78 is 33.7. The van der Waals surface area contributed by atoms with Crippen LogP contribution in [0, 0.1) is 11.6 Å². The quantitative estimate of drug-likeness (QED) is 0.691. The van der Waals surface area contributed by atoms with Gasteiger partial charge in [0.15, 0.2) is 17.3 Å². The Kier molecular flexibility index (Phi) is 3.26. The van der Waals surface area contributed by atoms with Crippen molar-refractivity contribution >= 4 is 17.0 Å². The van der Waals surface area contributed by atoms with Gasteiger partial charge in [-0.05, 0) is 18.9 Å². The molecular formula is C16H12F2N4O2. The number of halogens is 2. The Morgan fingerprint density at radius 1 is 1.25 bits per heavy atom. The van der Waals surface area contributed by atoms with Crippen LogP contribution in [0.15, 0.2) is 24.4 Å². The Labute approximate surface area is 135 Å². The number of methoxy groups -OCH3 is 1. The molecule has 0 saturated heterocycles. The molecule has 0 amide bonds. The number of aromatic nitrogens is 4. The number of benzene rings is 1. The molecule has 24 heavy (non-hydrogen) atoms. The van der Waals surface area contributed by atoms with E-state index in [1.165, 1.54) is 19.4 Å². The van der Waals surface area contributed by atoms with E-state index in [2.05, 4.69) is 19.9 Å². The molecule has 1 aliphatic rings. The summed E-state index contributed by atoms with van der Waals surface area (Å²) in [5.74, 6) is -1.98. The summed E-state index contributed by atoms with van der Waals surface area (Å²) in [6.45, 7) is 0. The van der Waals surface area contributed by atoms with Crippen LogP contribution in [0.2, 0.25) is 0 Å². The van der Waals surface area contributed by atoms with E-state index in [0.717, 1.165) is 25.0 Å². The van der Waals surface area contributed by atoms with Crippen LogP contribution < -0.4 is 0 Å². The van der Waals surface area contributed by atoms with Gasteiger partial charge < -0.3 is 9.30 Å². The Morgan fingerprint density at radius 2 is 2.00 bits per heavy atom. The first-order chi connectivity index (χ1) is 11.6. The van der Waals surface area contributed by atoms with Crippen molar-refractivity contribution in [1.82, 2.24) is 19.7 Å². The first-order valence-corrected chi connectivity index (χ1v) is 7.37. The van der Waals surface area contributed by atoms with Crippen LogP contribution in [-0.2, 0) is 4.74 Å². The predicted molar refractivity (Wildman–Crippen MR) is 80.3 cm³/mol. The molecule has 3 aromatic rings. The van der Waals surface area contributed by atoms with Crippen LogP contribution in [0.3, 0.4) is 0 Å². The Hall–Kier alpha value is -2.90. The van der Waals surface area contributed by atoms with E-state index in [1.807, 2.05) is 4.57 Å². The van der Waals surface area contributed by atoms with Gasteiger partial charge in [0.25, 0.3) is 0 Å². The van der Waals surface area contributed by atoms with Crippen molar-refractivity contribution in [2.24, 2.45) is 0 Å². The lowest BCUT2D eigenvalue weighted by atomic mass is 10.2. The highest BCUT2D eigenvalue weighted by molar-refractivity contribution is 5.88. The number of carbonyl (C=O) groups is 1. The zero-order valence-electron chi connectivity index (χ0n) is 12.7. The van der Waals surface area contributed by atoms with E-state index >= 15 is 0 Å². The van der Waals surface area contributed by atoms with Gasteiger partial charge in [0.1, 0.15) is 5.82 Å². The zero-order valence-corrected chi connectivity index (χ0v) is 12.7. The number of hydrogen-bond donors (Lipinski definition) is 0. The van der Waals surface area contributed by atoms with Crippen molar-refractivity contribution in [3.8, 4) is 11.4 Å². The molecule has 1 fully saturated rings. The van der Waals surface area contributed by atoms with E-state index in [-0.39, 0.29) is 11.7 Å². The van der Waals surface area contributed by atoms with Crippen molar-refractivity contribution in [2.45, 2.75) is 18.9 Å². The molecule has 0 N–H and O–H groups in total. The zero-order chi connectivity index (χ0) is 16.8. The van der Waals surface area contributed by atoms with Gasteiger partial charge in [-0.2, -0.15) is 5.10 Å². The Morgan fingerprint density at radius 3 is 2.71 bits per heavy atom. The van der Waals surface area contributed by atoms with Crippen LogP contribution in [0.1, 0.15) is 29.4 Å². The van der Waals surface area contributed by atoms with Gasteiger partial charge in [-0.1, -0.05) is 0 Å². The SMILES string of the molecule is COC(=O)c1cc(-c2nc3cc(F)c(F)cc3n2C2CC2)cnn1. The van der Waals surface area contributed by atoms with Crippen LogP contribution in [0.4, 0.5) is 8.78 Å². The summed E-state index contributed by atoms with van der Waals surface area (Å²) in [5.41, 5.74) is 1.45. The molecule has 122 valence electrons. The maximum atomic E-state index is 13.6. The first-order valence-electron chi connectivity index (χ1n) is 7.37. The molecule has 8 heteroatoms. The number of esters is 1. The monoisotopic (exact) mass is 330 g/mol. The van der Waals surface area contributed by atoms with Gasteiger partial charge in [-0.25, -0.2) is 18.6 Å². The summed E-state index contributed by atoms with van der Waals surface area (Å²) in [5, 5.41) is 7.53. The third kappa shape index (κ3) is 2.31. The third-order valence-corrected chi connectivity index (χ3v) is 3.95. The van der Waals surface area contributed by atoms with Gasteiger partial charge in [-0.3, -0.25) is 0 Å². The van der Waals surface area contributed by atoms with E-state index in [1.54, 1.807) is 0 Å². The molecule has 0 spiro atoms. The van der Waals surface area contributed by atoms with Crippen molar-refractivity contribution in [3.63, 3.8) is 0 Å². The van der Waals surface area contributed by atoms with E-state index in [0.29, 0.717) is 22.4 Å². The minimum Gasteiger partial charge on any atom is -0.464 e. The van der Waals surface area contributed by atoms with Crippen molar-refractivity contribution < 1.29 is 18.3 Å². The molecule has 1 saturated carbocycles. The number of fused-ring (bicyclic) bond motifs is 1. The topological polar surface area (TPSA) is 69.9 Å². The molecule has 4 rings (SSSR count). The fourth-order valence-electron chi connectivity index (χ4n) is 2.69. The van der Waals surface area contributed by atoms with E-state index in [9.17, 15) is 13.6 Å². The van der Waals surface area contributed by atoms with E-state index < -0.39 is 17.6 Å². The minimum absolute atomic E-state index is 0.0433. The molecule has 2 aromatic heterocycles. The van der Waals surface area contributed by atoms with Crippen LogP contribution in [-0.4, -0.2) is 32.8 Å². The lowest BCUT2D eigenvalue weighted by molar-refractivity contribution is 0.0592. The van der Waals surface area contributed by atoms with Crippen molar-refractivity contribution in [1.29, 1.82) is 0 Å². The van der Waals surface area contributed by atoms with E-state index in [4.69, 9.17) is 0 Å². The lowest BCUT2D eigenvalue weighted by Crippen LogP contribution is -2.06. The van der Waals surface area contributed by atoms with Crippen LogP contribution in [0.5, 0.6) is 0 Å². The Bertz CT molecular complexity index is 966. The summed E-state index contributed by atoms with van der Waals surface area (Å²) in [4.78, 5) is 16.0. The smallest absolute Gasteiger partial charge is 0.358 e. The molecule has 1 aliphatic carbocycles. The third-order valence-electron chi connectivity index (χ3n) is 3.95. The van der Waals surface area contributed by atoms with Crippen molar-refractivity contribution in [2.75, 3.05) is 7.11 Å². The van der Waals surface area contributed by atoms with Crippen LogP contribution in [0.25, 0.3) is 22.4 Å². The largest absolute Gasteiger partial charge is 0.464 e. The number of hydrogen-bond acceptors (Lipinski definition) is 5. The predicted octanol–water partition coefficient (Wildman–Crippen LogP) is 2.89. The number of carbonyl (C=O) groups excluding carboxylic acids is 1. The summed E-state index contributed by atoms with van der Waals surface area (Å²) in [7, 11) is 1.25.